The predicted octanol–water partition coefficient (Wildman–Crippen LogP) is 1.95. The van der Waals surface area contributed by atoms with Crippen molar-refractivity contribution in [3.63, 3.8) is 0 Å². The van der Waals surface area contributed by atoms with Crippen LogP contribution in [-0.2, 0) is 11.3 Å². The van der Waals surface area contributed by atoms with Crippen molar-refractivity contribution in [2.45, 2.75) is 58.7 Å². The van der Waals surface area contributed by atoms with Crippen LogP contribution >= 0.6 is 0 Å². The van der Waals surface area contributed by atoms with E-state index in [1.165, 1.54) is 6.42 Å². The van der Waals surface area contributed by atoms with Crippen LogP contribution in [0.15, 0.2) is 12.5 Å². The second-order valence-corrected chi connectivity index (χ2v) is 5.89. The van der Waals surface area contributed by atoms with E-state index in [2.05, 4.69) is 24.1 Å². The van der Waals surface area contributed by atoms with Gasteiger partial charge in [0.2, 0.25) is 5.91 Å². The highest BCUT2D eigenvalue weighted by Crippen LogP contribution is 2.17. The number of piperidine rings is 1. The van der Waals surface area contributed by atoms with Gasteiger partial charge in [0.25, 0.3) is 0 Å². The van der Waals surface area contributed by atoms with Gasteiger partial charge in [-0.2, -0.15) is 0 Å². The van der Waals surface area contributed by atoms with Gasteiger partial charge in [0.1, 0.15) is 6.04 Å². The highest BCUT2D eigenvalue weighted by molar-refractivity contribution is 5.80. The van der Waals surface area contributed by atoms with E-state index in [0.717, 1.165) is 38.2 Å². The van der Waals surface area contributed by atoms with Gasteiger partial charge in [0.15, 0.2) is 0 Å². The number of aromatic nitrogens is 2. The molecule has 1 aromatic heterocycles. The van der Waals surface area contributed by atoms with Crippen molar-refractivity contribution in [2.24, 2.45) is 0 Å². The van der Waals surface area contributed by atoms with E-state index in [1.54, 1.807) is 6.33 Å². The molecule has 0 bridgehead atoms. The first-order valence-corrected chi connectivity index (χ1v) is 7.62. The third-order valence-corrected chi connectivity index (χ3v) is 3.88. The SMILES string of the molecule is CC(C)NCc1cncn1C(C)C(=O)N1CCCCC1. The van der Waals surface area contributed by atoms with E-state index < -0.39 is 0 Å². The summed E-state index contributed by atoms with van der Waals surface area (Å²) in [5, 5.41) is 3.38. The van der Waals surface area contributed by atoms with Gasteiger partial charge in [0, 0.05) is 31.9 Å². The van der Waals surface area contributed by atoms with Crippen LogP contribution in [0.1, 0.15) is 51.8 Å². The Kier molecular flexibility index (Phi) is 5.17. The molecule has 1 saturated heterocycles. The smallest absolute Gasteiger partial charge is 0.245 e. The molecule has 0 saturated carbocycles. The first-order valence-electron chi connectivity index (χ1n) is 7.62. The second-order valence-electron chi connectivity index (χ2n) is 5.89. The van der Waals surface area contributed by atoms with E-state index in [9.17, 15) is 4.79 Å². The summed E-state index contributed by atoms with van der Waals surface area (Å²) in [6.07, 6.45) is 7.11. The van der Waals surface area contributed by atoms with Crippen molar-refractivity contribution in [3.05, 3.63) is 18.2 Å². The van der Waals surface area contributed by atoms with Crippen LogP contribution in [-0.4, -0.2) is 39.5 Å². The van der Waals surface area contributed by atoms with Gasteiger partial charge in [-0.25, -0.2) is 4.98 Å². The fraction of sp³-hybridized carbons (Fsp3) is 0.733. The lowest BCUT2D eigenvalue weighted by atomic mass is 10.1. The molecule has 0 aromatic carbocycles. The molecule has 2 rings (SSSR count). The number of imidazole rings is 1. The largest absolute Gasteiger partial charge is 0.341 e. The Balaban J connectivity index is 2.02. The summed E-state index contributed by atoms with van der Waals surface area (Å²) in [4.78, 5) is 18.7. The number of hydrogen-bond donors (Lipinski definition) is 1. The first-order chi connectivity index (χ1) is 9.59. The normalized spacial score (nSPS) is 17.5. The standard InChI is InChI=1S/C15H26N4O/c1-12(2)17-10-14-9-16-11-19(14)13(3)15(20)18-7-5-4-6-8-18/h9,11-13,17H,4-8,10H2,1-3H3. The minimum Gasteiger partial charge on any atom is -0.341 e. The third-order valence-electron chi connectivity index (χ3n) is 3.88. The molecule has 1 aliphatic rings. The highest BCUT2D eigenvalue weighted by atomic mass is 16.2. The molecule has 1 amide bonds. The molecule has 0 spiro atoms. The molecular weight excluding hydrogens is 252 g/mol. The average molecular weight is 278 g/mol. The van der Waals surface area contributed by atoms with Crippen LogP contribution in [0.5, 0.6) is 0 Å². The number of rotatable bonds is 5. The predicted molar refractivity (Wildman–Crippen MR) is 79.3 cm³/mol. The molecular formula is C15H26N4O. The summed E-state index contributed by atoms with van der Waals surface area (Å²) in [5.41, 5.74) is 1.07. The summed E-state index contributed by atoms with van der Waals surface area (Å²) >= 11 is 0. The summed E-state index contributed by atoms with van der Waals surface area (Å²) in [6.45, 7) is 8.74. The molecule has 1 unspecified atom stereocenters. The van der Waals surface area contributed by atoms with E-state index in [4.69, 9.17) is 0 Å². The van der Waals surface area contributed by atoms with Crippen LogP contribution in [0, 0.1) is 0 Å². The quantitative estimate of drug-likeness (QED) is 0.895. The van der Waals surface area contributed by atoms with Crippen molar-refractivity contribution >= 4 is 5.91 Å². The molecule has 0 radical (unpaired) electrons. The number of nitrogens with one attached hydrogen (secondary N) is 1. The van der Waals surface area contributed by atoms with E-state index in [0.29, 0.717) is 6.04 Å². The summed E-state index contributed by atoms with van der Waals surface area (Å²) in [7, 11) is 0. The topological polar surface area (TPSA) is 50.2 Å². The molecule has 1 aromatic rings. The Morgan fingerprint density at radius 3 is 2.65 bits per heavy atom. The minimum atomic E-state index is -0.167. The van der Waals surface area contributed by atoms with Crippen molar-refractivity contribution in [2.75, 3.05) is 13.1 Å². The maximum absolute atomic E-state index is 12.5. The molecule has 5 heteroatoms. The Morgan fingerprint density at radius 1 is 1.30 bits per heavy atom. The second kappa shape index (κ2) is 6.88. The molecule has 20 heavy (non-hydrogen) atoms. The lowest BCUT2D eigenvalue weighted by molar-refractivity contribution is -0.135. The van der Waals surface area contributed by atoms with Gasteiger partial charge in [0.05, 0.1) is 12.0 Å². The van der Waals surface area contributed by atoms with E-state index >= 15 is 0 Å². The number of amides is 1. The molecule has 1 N–H and O–H groups in total. The molecule has 2 heterocycles. The monoisotopic (exact) mass is 278 g/mol. The zero-order chi connectivity index (χ0) is 14.5. The molecule has 1 atom stereocenters. The van der Waals surface area contributed by atoms with Gasteiger partial charge in [-0.1, -0.05) is 13.8 Å². The maximum Gasteiger partial charge on any atom is 0.245 e. The van der Waals surface area contributed by atoms with Crippen molar-refractivity contribution < 1.29 is 4.79 Å². The molecule has 5 nitrogen and oxygen atoms in total. The number of likely N-dealkylation sites (tertiary alicyclic amines) is 1. The van der Waals surface area contributed by atoms with Crippen molar-refractivity contribution in [1.82, 2.24) is 19.8 Å². The van der Waals surface area contributed by atoms with Gasteiger partial charge < -0.3 is 14.8 Å². The van der Waals surface area contributed by atoms with Crippen LogP contribution in [0.3, 0.4) is 0 Å². The minimum absolute atomic E-state index is 0.167. The summed E-state index contributed by atoms with van der Waals surface area (Å²) < 4.78 is 1.99. The zero-order valence-corrected chi connectivity index (χ0v) is 12.8. The summed E-state index contributed by atoms with van der Waals surface area (Å²) in [6, 6.07) is 0.256. The van der Waals surface area contributed by atoms with Crippen LogP contribution in [0.2, 0.25) is 0 Å². The molecule has 1 aliphatic heterocycles. The van der Waals surface area contributed by atoms with Crippen molar-refractivity contribution in [1.29, 1.82) is 0 Å². The van der Waals surface area contributed by atoms with Crippen LogP contribution in [0.4, 0.5) is 0 Å². The number of hydrogen-bond acceptors (Lipinski definition) is 3. The lowest BCUT2D eigenvalue weighted by Crippen LogP contribution is -2.40. The van der Waals surface area contributed by atoms with Gasteiger partial charge in [-0.3, -0.25) is 4.79 Å². The molecule has 0 aliphatic carbocycles. The highest BCUT2D eigenvalue weighted by Gasteiger charge is 2.24. The van der Waals surface area contributed by atoms with Crippen molar-refractivity contribution in [3.8, 4) is 0 Å². The Morgan fingerprint density at radius 2 is 2.00 bits per heavy atom. The van der Waals surface area contributed by atoms with Crippen LogP contribution in [0.25, 0.3) is 0 Å². The maximum atomic E-state index is 12.5. The Bertz CT molecular complexity index is 435. The fourth-order valence-corrected chi connectivity index (χ4v) is 2.62. The molecule has 112 valence electrons. The van der Waals surface area contributed by atoms with E-state index in [1.807, 2.05) is 22.6 Å². The number of carbonyl (C=O) groups excluding carboxylic acids is 1. The van der Waals surface area contributed by atoms with Gasteiger partial charge in [-0.05, 0) is 26.2 Å². The van der Waals surface area contributed by atoms with E-state index in [-0.39, 0.29) is 11.9 Å². The summed E-state index contributed by atoms with van der Waals surface area (Å²) in [5.74, 6) is 0.216. The zero-order valence-electron chi connectivity index (χ0n) is 12.8. The third kappa shape index (κ3) is 3.60. The lowest BCUT2D eigenvalue weighted by Gasteiger charge is -2.30. The Labute approximate surface area is 121 Å². The number of nitrogens with zero attached hydrogens (tertiary/aromatic N) is 3. The first kappa shape index (κ1) is 15.0. The van der Waals surface area contributed by atoms with Gasteiger partial charge in [-0.15, -0.1) is 0 Å². The van der Waals surface area contributed by atoms with Gasteiger partial charge >= 0.3 is 0 Å². The number of carbonyl (C=O) groups is 1. The fourth-order valence-electron chi connectivity index (χ4n) is 2.62. The Hall–Kier alpha value is -1.36. The molecule has 1 fully saturated rings. The average Bonchev–Trinajstić information content (AvgIpc) is 2.93. The van der Waals surface area contributed by atoms with Crippen LogP contribution < -0.4 is 5.32 Å².